The third-order valence-corrected chi connectivity index (χ3v) is 4.35. The van der Waals surface area contributed by atoms with E-state index in [1.165, 1.54) is 22.3 Å². The number of aromatic amines is 1. The van der Waals surface area contributed by atoms with Crippen LogP contribution in [-0.2, 0) is 0 Å². The molecule has 0 saturated heterocycles. The molecule has 0 aliphatic heterocycles. The third kappa shape index (κ3) is 2.34. The highest BCUT2D eigenvalue weighted by atomic mass is 32.1. The number of H-pyrrole nitrogens is 1. The van der Waals surface area contributed by atoms with Crippen LogP contribution < -0.4 is 0 Å². The second-order valence-corrected chi connectivity index (χ2v) is 5.74. The lowest BCUT2D eigenvalue weighted by Gasteiger charge is -2.09. The van der Waals surface area contributed by atoms with Crippen molar-refractivity contribution in [3.8, 4) is 0 Å². The van der Waals surface area contributed by atoms with Gasteiger partial charge in [-0.25, -0.2) is 0 Å². The van der Waals surface area contributed by atoms with Gasteiger partial charge >= 0.3 is 0 Å². The minimum atomic E-state index is 0.228. The molecule has 0 aliphatic carbocycles. The number of carbonyl (C=O) groups is 1. The molecular weight excluding hydrogens is 254 g/mol. The zero-order chi connectivity index (χ0) is 13.2. The number of fused-ring (bicyclic) bond motifs is 1. The molecule has 1 atom stereocenters. The van der Waals surface area contributed by atoms with Crippen LogP contribution in [0.4, 0.5) is 0 Å². The fourth-order valence-corrected chi connectivity index (χ4v) is 3.10. The standard InChI is InChI=1S/C16H15NOS/c1-11(9-15(18)16-7-4-8-19-16)13-10-17-14-6-3-2-5-12(13)14/h2-8,10-11,17H,9H2,1H3/t11-/m1/s1. The molecule has 0 saturated carbocycles. The number of nitrogens with one attached hydrogen (secondary N) is 1. The maximum absolute atomic E-state index is 12.1. The number of hydrogen-bond donors (Lipinski definition) is 1. The van der Waals surface area contributed by atoms with Crippen LogP contribution in [-0.4, -0.2) is 10.8 Å². The summed E-state index contributed by atoms with van der Waals surface area (Å²) in [5.41, 5.74) is 2.36. The predicted octanol–water partition coefficient (Wildman–Crippen LogP) is 4.61. The topological polar surface area (TPSA) is 32.9 Å². The lowest BCUT2D eigenvalue weighted by molar-refractivity contribution is 0.0980. The summed E-state index contributed by atoms with van der Waals surface area (Å²) in [6, 6.07) is 12.0. The van der Waals surface area contributed by atoms with Crippen molar-refractivity contribution < 1.29 is 4.79 Å². The van der Waals surface area contributed by atoms with Crippen LogP contribution in [0.15, 0.2) is 48.0 Å². The maximum atomic E-state index is 12.1. The van der Waals surface area contributed by atoms with Gasteiger partial charge in [0.25, 0.3) is 0 Å². The van der Waals surface area contributed by atoms with Crippen LogP contribution in [0, 0.1) is 0 Å². The van der Waals surface area contributed by atoms with Gasteiger partial charge in [0.15, 0.2) is 5.78 Å². The van der Waals surface area contributed by atoms with Gasteiger partial charge in [-0.3, -0.25) is 4.79 Å². The number of rotatable bonds is 4. The number of Topliss-reactive ketones (excluding diaryl/α,β-unsaturated/α-hetero) is 1. The van der Waals surface area contributed by atoms with E-state index in [2.05, 4.69) is 24.0 Å². The number of thiophene rings is 1. The Morgan fingerprint density at radius 3 is 2.89 bits per heavy atom. The molecule has 96 valence electrons. The van der Waals surface area contributed by atoms with Gasteiger partial charge in [-0.15, -0.1) is 11.3 Å². The number of benzene rings is 1. The molecule has 0 fully saturated rings. The molecule has 0 spiro atoms. The van der Waals surface area contributed by atoms with E-state index in [9.17, 15) is 4.79 Å². The van der Waals surface area contributed by atoms with Crippen LogP contribution in [0.2, 0.25) is 0 Å². The van der Waals surface area contributed by atoms with Crippen molar-refractivity contribution in [1.82, 2.24) is 4.98 Å². The minimum Gasteiger partial charge on any atom is -0.361 e. The fourth-order valence-electron chi connectivity index (χ4n) is 2.43. The van der Waals surface area contributed by atoms with Crippen LogP contribution in [0.25, 0.3) is 10.9 Å². The van der Waals surface area contributed by atoms with Crippen molar-refractivity contribution in [2.24, 2.45) is 0 Å². The van der Waals surface area contributed by atoms with Gasteiger partial charge in [0.1, 0.15) is 0 Å². The van der Waals surface area contributed by atoms with E-state index in [0.717, 1.165) is 10.4 Å². The molecule has 3 rings (SSSR count). The number of ketones is 1. The van der Waals surface area contributed by atoms with E-state index >= 15 is 0 Å². The molecule has 2 heterocycles. The summed E-state index contributed by atoms with van der Waals surface area (Å²) in [4.78, 5) is 16.3. The number of aromatic nitrogens is 1. The first-order chi connectivity index (χ1) is 9.25. The van der Waals surface area contributed by atoms with Crippen molar-refractivity contribution in [3.63, 3.8) is 0 Å². The molecule has 2 aromatic heterocycles. The summed E-state index contributed by atoms with van der Waals surface area (Å²) in [5.74, 6) is 0.457. The molecule has 1 N–H and O–H groups in total. The van der Waals surface area contributed by atoms with Gasteiger partial charge in [-0.2, -0.15) is 0 Å². The van der Waals surface area contributed by atoms with Crippen LogP contribution >= 0.6 is 11.3 Å². The van der Waals surface area contributed by atoms with Crippen molar-refractivity contribution in [2.45, 2.75) is 19.3 Å². The van der Waals surface area contributed by atoms with E-state index in [-0.39, 0.29) is 11.7 Å². The molecule has 0 unspecified atom stereocenters. The summed E-state index contributed by atoms with van der Waals surface area (Å²) in [6.07, 6.45) is 2.58. The zero-order valence-corrected chi connectivity index (χ0v) is 11.5. The van der Waals surface area contributed by atoms with Gasteiger partial charge in [-0.05, 0) is 29.0 Å². The molecule has 3 aromatic rings. The lowest BCUT2D eigenvalue weighted by atomic mass is 9.95. The Morgan fingerprint density at radius 2 is 2.11 bits per heavy atom. The van der Waals surface area contributed by atoms with Crippen LogP contribution in [0.3, 0.4) is 0 Å². The van der Waals surface area contributed by atoms with Crippen LogP contribution in [0.1, 0.15) is 34.5 Å². The fraction of sp³-hybridized carbons (Fsp3) is 0.188. The van der Waals surface area contributed by atoms with E-state index < -0.39 is 0 Å². The van der Waals surface area contributed by atoms with Crippen LogP contribution in [0.5, 0.6) is 0 Å². The first-order valence-electron chi connectivity index (χ1n) is 6.38. The minimum absolute atomic E-state index is 0.228. The van der Waals surface area contributed by atoms with Crippen molar-refractivity contribution >= 4 is 28.0 Å². The monoisotopic (exact) mass is 269 g/mol. The SMILES string of the molecule is C[C@H](CC(=O)c1cccs1)c1c[nH]c2ccccc12. The Labute approximate surface area is 116 Å². The molecule has 0 bridgehead atoms. The summed E-state index contributed by atoms with van der Waals surface area (Å²) in [6.45, 7) is 2.11. The molecule has 1 aromatic carbocycles. The molecule has 0 aliphatic rings. The molecule has 2 nitrogen and oxygen atoms in total. The maximum Gasteiger partial charge on any atom is 0.173 e. The van der Waals surface area contributed by atoms with Crippen molar-refractivity contribution in [1.29, 1.82) is 0 Å². The highest BCUT2D eigenvalue weighted by molar-refractivity contribution is 7.12. The zero-order valence-electron chi connectivity index (χ0n) is 10.7. The predicted molar refractivity (Wildman–Crippen MR) is 80.0 cm³/mol. The largest absolute Gasteiger partial charge is 0.361 e. The quantitative estimate of drug-likeness (QED) is 0.689. The Hall–Kier alpha value is -1.87. The molecule has 0 radical (unpaired) electrons. The highest BCUT2D eigenvalue weighted by Crippen LogP contribution is 2.29. The van der Waals surface area contributed by atoms with E-state index in [1.54, 1.807) is 0 Å². The summed E-state index contributed by atoms with van der Waals surface area (Å²) in [7, 11) is 0. The second kappa shape index (κ2) is 5.02. The Kier molecular flexibility index (Phi) is 3.22. The van der Waals surface area contributed by atoms with E-state index in [1.807, 2.05) is 35.8 Å². The number of para-hydroxylation sites is 1. The first kappa shape index (κ1) is 12.2. The lowest BCUT2D eigenvalue weighted by Crippen LogP contribution is -2.03. The second-order valence-electron chi connectivity index (χ2n) is 4.80. The average molecular weight is 269 g/mol. The van der Waals surface area contributed by atoms with Crippen molar-refractivity contribution in [3.05, 3.63) is 58.4 Å². The summed E-state index contributed by atoms with van der Waals surface area (Å²) < 4.78 is 0. The molecule has 3 heteroatoms. The van der Waals surface area contributed by atoms with Gasteiger partial charge in [-0.1, -0.05) is 31.2 Å². The van der Waals surface area contributed by atoms with E-state index in [4.69, 9.17) is 0 Å². The molecular formula is C16H15NOS. The van der Waals surface area contributed by atoms with Gasteiger partial charge < -0.3 is 4.98 Å². The number of carbonyl (C=O) groups excluding carboxylic acids is 1. The Morgan fingerprint density at radius 1 is 1.26 bits per heavy atom. The van der Waals surface area contributed by atoms with Gasteiger partial charge in [0.05, 0.1) is 4.88 Å². The first-order valence-corrected chi connectivity index (χ1v) is 7.26. The number of hydrogen-bond acceptors (Lipinski definition) is 2. The normalized spacial score (nSPS) is 12.7. The smallest absolute Gasteiger partial charge is 0.173 e. The van der Waals surface area contributed by atoms with Gasteiger partial charge in [0.2, 0.25) is 0 Å². The van der Waals surface area contributed by atoms with Crippen molar-refractivity contribution in [2.75, 3.05) is 0 Å². The Bertz CT molecular complexity index is 696. The van der Waals surface area contributed by atoms with Gasteiger partial charge in [0, 0.05) is 23.5 Å². The summed E-state index contributed by atoms with van der Waals surface area (Å²) in [5, 5.41) is 3.16. The Balaban J connectivity index is 1.84. The third-order valence-electron chi connectivity index (χ3n) is 3.44. The molecule has 19 heavy (non-hydrogen) atoms. The van der Waals surface area contributed by atoms with E-state index in [0.29, 0.717) is 6.42 Å². The molecule has 0 amide bonds. The average Bonchev–Trinajstić information content (AvgIpc) is 3.08. The highest BCUT2D eigenvalue weighted by Gasteiger charge is 2.16. The summed E-state index contributed by atoms with van der Waals surface area (Å²) >= 11 is 1.52.